The van der Waals surface area contributed by atoms with Crippen molar-refractivity contribution in [1.82, 2.24) is 10.2 Å². The van der Waals surface area contributed by atoms with Gasteiger partial charge in [-0.15, -0.1) is 0 Å². The predicted molar refractivity (Wildman–Crippen MR) is 98.5 cm³/mol. The lowest BCUT2D eigenvalue weighted by atomic mass is 9.88. The Balaban J connectivity index is 1.56. The molecule has 3 unspecified atom stereocenters. The predicted octanol–water partition coefficient (Wildman–Crippen LogP) is 4.46. The molecule has 1 N–H and O–H groups in total. The summed E-state index contributed by atoms with van der Waals surface area (Å²) in [6, 6.07) is 12.3. The standard InChI is InChI=1S/C21H34N2/c1-3-4-8-19-13-21(22-14-18-9-6-5-7-10-18)16-23(15-19)17(2)20-11-12-20/h5-7,9-10,17,19-22H,3-4,8,11-16H2,1-2H3. The Hall–Kier alpha value is -0.860. The van der Waals surface area contributed by atoms with Crippen LogP contribution in [0.2, 0.25) is 0 Å². The zero-order valence-corrected chi connectivity index (χ0v) is 15.0. The summed E-state index contributed by atoms with van der Waals surface area (Å²) < 4.78 is 0. The van der Waals surface area contributed by atoms with Crippen LogP contribution in [0.5, 0.6) is 0 Å². The first-order valence-corrected chi connectivity index (χ1v) is 9.77. The normalized spacial score (nSPS) is 27.0. The van der Waals surface area contributed by atoms with E-state index in [2.05, 4.69) is 54.4 Å². The largest absolute Gasteiger partial charge is 0.309 e. The molecule has 2 nitrogen and oxygen atoms in total. The molecular weight excluding hydrogens is 280 g/mol. The third-order valence-corrected chi connectivity index (χ3v) is 5.85. The van der Waals surface area contributed by atoms with Crippen LogP contribution in [0.4, 0.5) is 0 Å². The maximum atomic E-state index is 3.85. The van der Waals surface area contributed by atoms with Gasteiger partial charge in [0.25, 0.3) is 0 Å². The average molecular weight is 315 g/mol. The van der Waals surface area contributed by atoms with Crippen LogP contribution >= 0.6 is 0 Å². The SMILES string of the molecule is CCCCC1CC(NCc2ccccc2)CN(C(C)C2CC2)C1. The monoisotopic (exact) mass is 314 g/mol. The van der Waals surface area contributed by atoms with Crippen molar-refractivity contribution in [2.24, 2.45) is 11.8 Å². The number of likely N-dealkylation sites (tertiary alicyclic amines) is 1. The molecule has 0 spiro atoms. The average Bonchev–Trinajstić information content (AvgIpc) is 3.43. The minimum atomic E-state index is 0.659. The molecule has 0 bridgehead atoms. The molecule has 0 aromatic heterocycles. The molecule has 3 rings (SSSR count). The van der Waals surface area contributed by atoms with Crippen molar-refractivity contribution in [1.29, 1.82) is 0 Å². The van der Waals surface area contributed by atoms with Crippen molar-refractivity contribution in [2.45, 2.75) is 71.0 Å². The van der Waals surface area contributed by atoms with Gasteiger partial charge >= 0.3 is 0 Å². The van der Waals surface area contributed by atoms with Crippen molar-refractivity contribution in [3.63, 3.8) is 0 Å². The molecule has 2 fully saturated rings. The van der Waals surface area contributed by atoms with E-state index in [4.69, 9.17) is 0 Å². The summed E-state index contributed by atoms with van der Waals surface area (Å²) >= 11 is 0. The molecule has 128 valence electrons. The molecule has 1 aliphatic carbocycles. The van der Waals surface area contributed by atoms with E-state index in [-0.39, 0.29) is 0 Å². The Bertz CT molecular complexity index is 454. The third kappa shape index (κ3) is 5.06. The van der Waals surface area contributed by atoms with Crippen LogP contribution < -0.4 is 5.32 Å². The summed E-state index contributed by atoms with van der Waals surface area (Å²) in [4.78, 5) is 2.80. The van der Waals surface area contributed by atoms with Crippen LogP contribution in [0.3, 0.4) is 0 Å². The third-order valence-electron chi connectivity index (χ3n) is 5.85. The Morgan fingerprint density at radius 1 is 1.17 bits per heavy atom. The van der Waals surface area contributed by atoms with E-state index in [1.165, 1.54) is 57.2 Å². The number of hydrogen-bond donors (Lipinski definition) is 1. The quantitative estimate of drug-likeness (QED) is 0.762. The van der Waals surface area contributed by atoms with Crippen LogP contribution in [0, 0.1) is 11.8 Å². The highest BCUT2D eigenvalue weighted by Gasteiger charge is 2.36. The number of nitrogens with zero attached hydrogens (tertiary/aromatic N) is 1. The molecule has 1 aliphatic heterocycles. The molecule has 23 heavy (non-hydrogen) atoms. The second-order valence-electron chi connectivity index (χ2n) is 7.84. The number of benzene rings is 1. The van der Waals surface area contributed by atoms with Crippen LogP contribution in [0.25, 0.3) is 0 Å². The highest BCUT2D eigenvalue weighted by Crippen LogP contribution is 2.37. The van der Waals surface area contributed by atoms with Gasteiger partial charge in [-0.3, -0.25) is 4.90 Å². The maximum Gasteiger partial charge on any atom is 0.0208 e. The van der Waals surface area contributed by atoms with Gasteiger partial charge in [0.1, 0.15) is 0 Å². The Morgan fingerprint density at radius 2 is 1.96 bits per heavy atom. The molecule has 2 heteroatoms. The van der Waals surface area contributed by atoms with E-state index < -0.39 is 0 Å². The van der Waals surface area contributed by atoms with Crippen LogP contribution in [-0.4, -0.2) is 30.1 Å². The highest BCUT2D eigenvalue weighted by molar-refractivity contribution is 5.14. The lowest BCUT2D eigenvalue weighted by Gasteiger charge is -2.41. The summed E-state index contributed by atoms with van der Waals surface area (Å²) in [5.74, 6) is 1.87. The summed E-state index contributed by atoms with van der Waals surface area (Å²) in [7, 11) is 0. The van der Waals surface area contributed by atoms with Crippen LogP contribution in [-0.2, 0) is 6.54 Å². The molecule has 1 saturated carbocycles. The molecule has 2 aliphatic rings. The molecule has 1 aromatic rings. The fourth-order valence-electron chi connectivity index (χ4n) is 4.16. The Kier molecular flexibility index (Phi) is 6.13. The summed E-state index contributed by atoms with van der Waals surface area (Å²) in [5.41, 5.74) is 1.41. The van der Waals surface area contributed by atoms with Crippen molar-refractivity contribution in [3.8, 4) is 0 Å². The van der Waals surface area contributed by atoms with E-state index in [0.717, 1.165) is 24.4 Å². The summed E-state index contributed by atoms with van der Waals surface area (Å²) in [5, 5.41) is 3.85. The van der Waals surface area contributed by atoms with Gasteiger partial charge in [0, 0.05) is 31.7 Å². The number of nitrogens with one attached hydrogen (secondary N) is 1. The fourth-order valence-corrected chi connectivity index (χ4v) is 4.16. The lowest BCUT2D eigenvalue weighted by Crippen LogP contribution is -2.52. The van der Waals surface area contributed by atoms with E-state index >= 15 is 0 Å². The molecule has 0 radical (unpaired) electrons. The smallest absolute Gasteiger partial charge is 0.0208 e. The topological polar surface area (TPSA) is 15.3 Å². The first-order valence-electron chi connectivity index (χ1n) is 9.77. The minimum Gasteiger partial charge on any atom is -0.309 e. The molecular formula is C21H34N2. The van der Waals surface area contributed by atoms with Gasteiger partial charge in [-0.2, -0.15) is 0 Å². The minimum absolute atomic E-state index is 0.659. The number of rotatable bonds is 8. The van der Waals surface area contributed by atoms with Crippen LogP contribution in [0.15, 0.2) is 30.3 Å². The lowest BCUT2D eigenvalue weighted by molar-refractivity contribution is 0.0894. The van der Waals surface area contributed by atoms with Gasteiger partial charge in [-0.1, -0.05) is 50.1 Å². The molecule has 1 aromatic carbocycles. The molecule has 3 atom stereocenters. The van der Waals surface area contributed by atoms with E-state index in [1.807, 2.05) is 0 Å². The van der Waals surface area contributed by atoms with Crippen molar-refractivity contribution in [2.75, 3.05) is 13.1 Å². The van der Waals surface area contributed by atoms with Crippen molar-refractivity contribution < 1.29 is 0 Å². The molecule has 1 saturated heterocycles. The van der Waals surface area contributed by atoms with Gasteiger partial charge in [-0.25, -0.2) is 0 Å². The second-order valence-corrected chi connectivity index (χ2v) is 7.84. The van der Waals surface area contributed by atoms with E-state index in [1.54, 1.807) is 0 Å². The molecule has 1 heterocycles. The zero-order chi connectivity index (χ0) is 16.1. The van der Waals surface area contributed by atoms with E-state index in [0.29, 0.717) is 6.04 Å². The zero-order valence-electron chi connectivity index (χ0n) is 15.0. The summed E-state index contributed by atoms with van der Waals surface area (Å²) in [6.07, 6.45) is 8.41. The Morgan fingerprint density at radius 3 is 2.65 bits per heavy atom. The fraction of sp³-hybridized carbons (Fsp3) is 0.714. The van der Waals surface area contributed by atoms with Crippen molar-refractivity contribution in [3.05, 3.63) is 35.9 Å². The maximum absolute atomic E-state index is 3.85. The highest BCUT2D eigenvalue weighted by atomic mass is 15.2. The number of piperidine rings is 1. The van der Waals surface area contributed by atoms with Gasteiger partial charge in [-0.05, 0) is 50.0 Å². The molecule has 0 amide bonds. The number of unbranched alkanes of at least 4 members (excludes halogenated alkanes) is 1. The van der Waals surface area contributed by atoms with Gasteiger partial charge < -0.3 is 5.32 Å². The van der Waals surface area contributed by atoms with E-state index in [9.17, 15) is 0 Å². The Labute approximate surface area is 142 Å². The first-order chi connectivity index (χ1) is 11.3. The first kappa shape index (κ1) is 17.0. The summed E-state index contributed by atoms with van der Waals surface area (Å²) in [6.45, 7) is 8.37. The van der Waals surface area contributed by atoms with Gasteiger partial charge in [0.05, 0.1) is 0 Å². The number of hydrogen-bond acceptors (Lipinski definition) is 2. The second kappa shape index (κ2) is 8.30. The van der Waals surface area contributed by atoms with Gasteiger partial charge in [0.2, 0.25) is 0 Å². The van der Waals surface area contributed by atoms with Gasteiger partial charge in [0.15, 0.2) is 0 Å². The van der Waals surface area contributed by atoms with Crippen molar-refractivity contribution >= 4 is 0 Å². The van der Waals surface area contributed by atoms with Crippen LogP contribution in [0.1, 0.15) is 57.9 Å².